The van der Waals surface area contributed by atoms with Gasteiger partial charge in [-0.25, -0.2) is 34.8 Å². The van der Waals surface area contributed by atoms with E-state index in [9.17, 15) is 67.2 Å². The molecule has 6 unspecified atom stereocenters. The van der Waals surface area contributed by atoms with Crippen LogP contribution in [0, 0.1) is 17.8 Å². The maximum atomic E-state index is 13.3. The van der Waals surface area contributed by atoms with Gasteiger partial charge in [0.15, 0.2) is 29.5 Å². The number of ether oxygens (including phenoxy) is 5. The molecule has 101 heavy (non-hydrogen) atoms. The summed E-state index contributed by atoms with van der Waals surface area (Å²) < 4.78 is 120. The Morgan fingerprint density at radius 2 is 1.00 bits per heavy atom. The van der Waals surface area contributed by atoms with Crippen molar-refractivity contribution >= 4 is 128 Å². The molecule has 5 aromatic heterocycles. The number of hydrogen-bond donors (Lipinski definition) is 2. The van der Waals surface area contributed by atoms with Crippen molar-refractivity contribution in [2.24, 2.45) is 17.8 Å². The number of H-pyrrole nitrogens is 1. The first-order valence-corrected chi connectivity index (χ1v) is 40.0. The van der Waals surface area contributed by atoms with Gasteiger partial charge in [-0.3, -0.25) is 32.4 Å². The number of aromatic nitrogens is 5. The lowest BCUT2D eigenvalue weighted by Gasteiger charge is -2.30. The SMILES string of the molecule is C=C(C)C(=O)OC.COC(=O)C(C)Cn1ccc(S(C)(=O)=O)c1.COC(=O)C(C)Cn1ccc(S(C)(=O)=O)c1.COC(=O)C(C)Cn1ccc(S(C)=O)c1.COC(=O)C(Cn1ccc(S(C)(=O)=O)c1)NC(=O)c1c(Cl)cc2c(c1Cl)CCN(C(=O)c1ccc(Cl)cc1)C2.CS(=O)c1cc[nH]c1. The first kappa shape index (κ1) is 87.1. The van der Waals surface area contributed by atoms with Gasteiger partial charge in [-0.1, -0.05) is 62.2 Å². The second kappa shape index (κ2) is 40.5. The largest absolute Gasteiger partial charge is 0.469 e. The van der Waals surface area contributed by atoms with E-state index in [0.717, 1.165) is 28.6 Å². The first-order chi connectivity index (χ1) is 47.1. The van der Waals surface area contributed by atoms with Crippen LogP contribution in [0.4, 0.5) is 0 Å². The topological polar surface area (TPSA) is 353 Å². The lowest BCUT2D eigenvalue weighted by atomic mass is 9.96. The summed E-state index contributed by atoms with van der Waals surface area (Å²) in [6, 6.07) is 15.1. The highest BCUT2D eigenvalue weighted by atomic mass is 35.5. The van der Waals surface area contributed by atoms with Gasteiger partial charge in [0.1, 0.15) is 6.04 Å². The Kier molecular flexibility index (Phi) is 34.9. The zero-order chi connectivity index (χ0) is 76.4. The molecule has 1 aliphatic heterocycles. The standard InChI is InChI=1S/C26H24Cl3N3O6S.2C10H15NO4S.C10H15NO3S.C5H7NOS.C5H8O2/c1-38-26(35)21(14-31-9-7-18(13-31)39(2,36)37)30-24(33)22-20(28)11-16-12-32(10-8-19(16)23(22)29)25(34)15-3-5-17(27)6-4-15;2*1-8(10(12)15-2)6-11-5-4-9(7-11)16(3,13)14;1-8(10(12)14-2)6-11-5-4-9(7-11)15(3)13;1-8(7)5-2-3-6-4-5;1-4(2)5(6)7-3/h3-7,9,11,13,21H,8,10,12,14H2,1-2H3,(H,30,33);2*4-5,7-8H,6H2,1-3H3;4-5,7-8H,6H2,1-3H3;2-4,6H,1H3;1H2,2-3H3. The number of rotatable bonds is 21. The van der Waals surface area contributed by atoms with Crippen LogP contribution in [0.1, 0.15) is 59.5 Å². The van der Waals surface area contributed by atoms with Crippen molar-refractivity contribution in [3.05, 3.63) is 172 Å². The molecule has 27 nitrogen and oxygen atoms in total. The predicted molar refractivity (Wildman–Crippen MR) is 383 cm³/mol. The Bertz CT molecular complexity index is 4320. The highest BCUT2D eigenvalue weighted by Gasteiger charge is 2.31. The van der Waals surface area contributed by atoms with Crippen molar-refractivity contribution in [2.45, 2.75) is 97.4 Å². The molecule has 7 aromatic rings. The van der Waals surface area contributed by atoms with Crippen LogP contribution in [-0.2, 0) is 138 Å². The predicted octanol–water partition coefficient (Wildman–Crippen LogP) is 7.95. The lowest BCUT2D eigenvalue weighted by Crippen LogP contribution is -2.44. The fourth-order valence-electron chi connectivity index (χ4n) is 8.97. The second-order valence-corrected chi connectivity index (χ2v) is 32.7. The number of carbonyl (C=O) groups is 7. The molecule has 2 N–H and O–H groups in total. The fraction of sp³-hybridized carbons (Fsp3) is 0.379. The maximum absolute atomic E-state index is 13.3. The van der Waals surface area contributed by atoms with Crippen LogP contribution < -0.4 is 5.32 Å². The maximum Gasteiger partial charge on any atom is 0.332 e. The molecule has 554 valence electrons. The van der Waals surface area contributed by atoms with E-state index >= 15 is 0 Å². The summed E-state index contributed by atoms with van der Waals surface area (Å²) in [5, 5.41) is 3.32. The summed E-state index contributed by atoms with van der Waals surface area (Å²) in [4.78, 5) is 89.0. The van der Waals surface area contributed by atoms with Crippen molar-refractivity contribution in [3.8, 4) is 0 Å². The lowest BCUT2D eigenvalue weighted by molar-refractivity contribution is -0.146. The molecule has 0 fully saturated rings. The molecule has 0 spiro atoms. The van der Waals surface area contributed by atoms with Gasteiger partial charge < -0.3 is 57.2 Å². The Balaban J connectivity index is 0.000000355. The van der Waals surface area contributed by atoms with Gasteiger partial charge in [-0.05, 0) is 85.1 Å². The molecule has 6 heterocycles. The quantitative estimate of drug-likeness (QED) is 0.0391. The Morgan fingerprint density at radius 1 is 0.584 bits per heavy atom. The van der Waals surface area contributed by atoms with Crippen LogP contribution in [0.2, 0.25) is 15.1 Å². The minimum Gasteiger partial charge on any atom is -0.469 e. The summed E-state index contributed by atoms with van der Waals surface area (Å²) in [5.41, 5.74) is 2.32. The van der Waals surface area contributed by atoms with E-state index in [0.29, 0.717) is 59.9 Å². The van der Waals surface area contributed by atoms with E-state index in [1.807, 2.05) is 10.8 Å². The molecule has 8 rings (SSSR count). The molecule has 6 atom stereocenters. The van der Waals surface area contributed by atoms with E-state index in [-0.39, 0.29) is 90.9 Å². The number of fused-ring (bicyclic) bond motifs is 1. The van der Waals surface area contributed by atoms with Crippen molar-refractivity contribution in [1.82, 2.24) is 33.5 Å². The number of halogens is 3. The van der Waals surface area contributed by atoms with E-state index in [2.05, 4.69) is 35.8 Å². The van der Waals surface area contributed by atoms with Gasteiger partial charge in [0.25, 0.3) is 11.8 Å². The molecule has 1 aliphatic rings. The van der Waals surface area contributed by atoms with E-state index in [1.54, 1.807) is 128 Å². The number of carbonyl (C=O) groups excluding carboxylic acids is 7. The highest BCUT2D eigenvalue weighted by molar-refractivity contribution is 7.91. The molecular weight excluding hydrogens is 1480 g/mol. The number of nitrogens with one attached hydrogen (secondary N) is 2. The fourth-order valence-corrected chi connectivity index (χ4v) is 12.8. The average molecular weight is 1560 g/mol. The number of sulfone groups is 3. The van der Waals surface area contributed by atoms with Gasteiger partial charge in [0.2, 0.25) is 0 Å². The third-order valence-electron chi connectivity index (χ3n) is 14.4. The van der Waals surface area contributed by atoms with Crippen LogP contribution in [-0.4, -0.2) is 183 Å². The zero-order valence-corrected chi connectivity index (χ0v) is 64.4. The summed E-state index contributed by atoms with van der Waals surface area (Å²) in [7, 11) is -5.07. The van der Waals surface area contributed by atoms with Gasteiger partial charge in [-0.2, -0.15) is 0 Å². The monoisotopic (exact) mass is 1560 g/mol. The number of nitrogens with zero attached hydrogens (tertiary/aromatic N) is 5. The second-order valence-electron chi connectivity index (χ2n) is 22.7. The molecule has 35 heteroatoms. The Labute approximate surface area is 608 Å². The molecule has 2 aromatic carbocycles. The van der Waals surface area contributed by atoms with E-state index in [1.165, 1.54) is 83.1 Å². The van der Waals surface area contributed by atoms with Crippen LogP contribution in [0.25, 0.3) is 0 Å². The molecule has 2 amide bonds. The molecule has 0 aliphatic carbocycles. The number of benzene rings is 2. The summed E-state index contributed by atoms with van der Waals surface area (Å²) >= 11 is 19.1. The van der Waals surface area contributed by atoms with Crippen LogP contribution in [0.3, 0.4) is 0 Å². The molecule has 0 bridgehead atoms. The number of amides is 2. The van der Waals surface area contributed by atoms with Crippen LogP contribution in [0.5, 0.6) is 0 Å². The normalized spacial score (nSPS) is 13.4. The summed E-state index contributed by atoms with van der Waals surface area (Å²) in [6.07, 6.45) is 23.3. The first-order valence-electron chi connectivity index (χ1n) is 30.0. The van der Waals surface area contributed by atoms with E-state index < -0.39 is 69.0 Å². The summed E-state index contributed by atoms with van der Waals surface area (Å²) in [5.74, 6) is -3.60. The van der Waals surface area contributed by atoms with Crippen LogP contribution in [0.15, 0.2) is 159 Å². The number of aromatic amines is 1. The number of methoxy groups -OCH3 is 5. The Morgan fingerprint density at radius 3 is 1.34 bits per heavy atom. The Hall–Kier alpha value is -8.11. The molecular formula is C66H84Cl3N7O20S5. The number of hydrogen-bond acceptors (Lipinski definition) is 20. The smallest absolute Gasteiger partial charge is 0.332 e. The van der Waals surface area contributed by atoms with Gasteiger partial charge in [-0.15, -0.1) is 0 Å². The van der Waals surface area contributed by atoms with Crippen molar-refractivity contribution in [2.75, 3.05) is 73.4 Å². The minimum atomic E-state index is -3.45. The summed E-state index contributed by atoms with van der Waals surface area (Å²) in [6.45, 7) is 12.1. The minimum absolute atomic E-state index is 0.00667. The van der Waals surface area contributed by atoms with Crippen LogP contribution >= 0.6 is 34.8 Å². The highest BCUT2D eigenvalue weighted by Crippen LogP contribution is 2.35. The molecule has 0 radical (unpaired) electrons. The van der Waals surface area contributed by atoms with Crippen molar-refractivity contribution < 1.29 is 90.9 Å². The molecule has 0 saturated heterocycles. The third-order valence-corrected chi connectivity index (χ3v) is 20.5. The zero-order valence-electron chi connectivity index (χ0n) is 58.1. The van der Waals surface area contributed by atoms with Crippen molar-refractivity contribution in [1.29, 1.82) is 0 Å². The average Bonchev–Trinajstić information content (AvgIpc) is 1.77. The number of esters is 5. The third kappa shape index (κ3) is 28.3. The van der Waals surface area contributed by atoms with Crippen molar-refractivity contribution in [3.63, 3.8) is 0 Å². The molecule has 0 saturated carbocycles. The van der Waals surface area contributed by atoms with Gasteiger partial charge >= 0.3 is 29.8 Å². The van der Waals surface area contributed by atoms with Gasteiger partial charge in [0, 0.05) is 142 Å². The van der Waals surface area contributed by atoms with E-state index in [4.69, 9.17) is 39.5 Å². The van der Waals surface area contributed by atoms with Gasteiger partial charge in [0.05, 0.1) is 122 Å².